The van der Waals surface area contributed by atoms with Crippen LogP contribution in [-0.2, 0) is 4.43 Å². The molecule has 0 aromatic heterocycles. The van der Waals surface area contributed by atoms with Crippen molar-refractivity contribution in [3.63, 3.8) is 0 Å². The third kappa shape index (κ3) is 3.03. The van der Waals surface area contributed by atoms with E-state index in [1.807, 2.05) is 0 Å². The van der Waals surface area contributed by atoms with E-state index in [-0.39, 0.29) is 11.1 Å². The Kier molecular flexibility index (Phi) is 3.80. The Morgan fingerprint density at radius 1 is 1.26 bits per heavy atom. The molecule has 0 N–H and O–H groups in total. The van der Waals surface area contributed by atoms with Gasteiger partial charge in [0.1, 0.15) is 5.75 Å². The molecule has 2 rings (SSSR count). The second-order valence-electron chi connectivity index (χ2n) is 7.05. The summed E-state index contributed by atoms with van der Waals surface area (Å²) in [5, 5.41) is 0.246. The highest BCUT2D eigenvalue weighted by atomic mass is 28.4. The standard InChI is InChI=1S/C16H26O2Si/c1-12-7-8-13-14(9-10-17-15(13)11-12)18-19(5,6)16(2,3)4/h7-8,11,14H,9-10H2,1-6H3. The fourth-order valence-corrected chi connectivity index (χ4v) is 3.43. The third-order valence-corrected chi connectivity index (χ3v) is 8.88. The quantitative estimate of drug-likeness (QED) is 0.721. The monoisotopic (exact) mass is 278 g/mol. The molecular weight excluding hydrogens is 252 g/mol. The van der Waals surface area contributed by atoms with Crippen LogP contribution in [0.4, 0.5) is 0 Å². The van der Waals surface area contributed by atoms with Crippen molar-refractivity contribution in [1.29, 1.82) is 0 Å². The summed E-state index contributed by atoms with van der Waals surface area (Å²) in [5.74, 6) is 1.01. The number of benzene rings is 1. The lowest BCUT2D eigenvalue weighted by Crippen LogP contribution is -2.42. The first-order valence-corrected chi connectivity index (χ1v) is 10.0. The molecule has 0 amide bonds. The maximum Gasteiger partial charge on any atom is 0.192 e. The normalized spacial score (nSPS) is 19.8. The van der Waals surface area contributed by atoms with E-state index in [0.29, 0.717) is 0 Å². The van der Waals surface area contributed by atoms with Gasteiger partial charge in [-0.2, -0.15) is 0 Å². The van der Waals surface area contributed by atoms with E-state index in [2.05, 4.69) is 59.0 Å². The van der Waals surface area contributed by atoms with Gasteiger partial charge in [-0.05, 0) is 36.7 Å². The van der Waals surface area contributed by atoms with Crippen molar-refractivity contribution in [2.75, 3.05) is 6.61 Å². The van der Waals surface area contributed by atoms with Crippen molar-refractivity contribution in [2.45, 2.75) is 58.4 Å². The molecule has 1 aliphatic heterocycles. The van der Waals surface area contributed by atoms with Crippen LogP contribution >= 0.6 is 0 Å². The summed E-state index contributed by atoms with van der Waals surface area (Å²) < 4.78 is 12.3. The largest absolute Gasteiger partial charge is 0.493 e. The SMILES string of the molecule is Cc1ccc2c(c1)OCCC2O[Si](C)(C)C(C)(C)C. The van der Waals surface area contributed by atoms with E-state index < -0.39 is 8.32 Å². The molecule has 0 saturated carbocycles. The van der Waals surface area contributed by atoms with Crippen LogP contribution in [0.5, 0.6) is 5.75 Å². The Hall–Kier alpha value is -0.803. The van der Waals surface area contributed by atoms with Gasteiger partial charge >= 0.3 is 0 Å². The Morgan fingerprint density at radius 2 is 1.95 bits per heavy atom. The highest BCUT2D eigenvalue weighted by molar-refractivity contribution is 6.74. The second kappa shape index (κ2) is 4.95. The molecule has 0 spiro atoms. The summed E-state index contributed by atoms with van der Waals surface area (Å²) in [6.45, 7) is 14.3. The molecule has 2 nitrogen and oxygen atoms in total. The van der Waals surface area contributed by atoms with Crippen LogP contribution < -0.4 is 4.74 Å². The first-order valence-electron chi connectivity index (χ1n) is 7.12. The van der Waals surface area contributed by atoms with Crippen molar-refractivity contribution in [3.8, 4) is 5.75 Å². The number of aryl methyl sites for hydroxylation is 1. The minimum Gasteiger partial charge on any atom is -0.493 e. The molecule has 106 valence electrons. The van der Waals surface area contributed by atoms with Crippen LogP contribution in [0.2, 0.25) is 18.1 Å². The van der Waals surface area contributed by atoms with E-state index in [1.165, 1.54) is 11.1 Å². The zero-order chi connectivity index (χ0) is 14.3. The molecule has 1 atom stereocenters. The van der Waals surface area contributed by atoms with E-state index in [1.54, 1.807) is 0 Å². The molecule has 1 aliphatic rings. The van der Waals surface area contributed by atoms with Crippen molar-refractivity contribution in [2.24, 2.45) is 0 Å². The van der Waals surface area contributed by atoms with Crippen LogP contribution in [0.25, 0.3) is 0 Å². The summed E-state index contributed by atoms with van der Waals surface area (Å²) in [6.07, 6.45) is 1.16. The highest BCUT2D eigenvalue weighted by Crippen LogP contribution is 2.43. The molecule has 0 bridgehead atoms. The van der Waals surface area contributed by atoms with Crippen LogP contribution in [0.1, 0.15) is 44.4 Å². The van der Waals surface area contributed by atoms with Gasteiger partial charge < -0.3 is 9.16 Å². The molecule has 0 aliphatic carbocycles. The fraction of sp³-hybridized carbons (Fsp3) is 0.625. The highest BCUT2D eigenvalue weighted by Gasteiger charge is 2.40. The van der Waals surface area contributed by atoms with Crippen LogP contribution in [0.3, 0.4) is 0 Å². The van der Waals surface area contributed by atoms with Gasteiger partial charge in [0.2, 0.25) is 0 Å². The van der Waals surface area contributed by atoms with Gasteiger partial charge in [-0.1, -0.05) is 32.9 Å². The molecule has 0 radical (unpaired) electrons. The summed E-state index contributed by atoms with van der Waals surface area (Å²) >= 11 is 0. The second-order valence-corrected chi connectivity index (χ2v) is 11.8. The minimum absolute atomic E-state index is 0.199. The Morgan fingerprint density at radius 3 is 2.58 bits per heavy atom. The molecule has 3 heteroatoms. The Labute approximate surface area is 118 Å². The molecule has 0 fully saturated rings. The summed E-state index contributed by atoms with van der Waals surface area (Å²) in [5.41, 5.74) is 2.47. The van der Waals surface area contributed by atoms with Crippen LogP contribution in [0, 0.1) is 6.92 Å². The number of ether oxygens (including phenoxy) is 1. The van der Waals surface area contributed by atoms with E-state index >= 15 is 0 Å². The van der Waals surface area contributed by atoms with Gasteiger partial charge in [0.05, 0.1) is 12.7 Å². The van der Waals surface area contributed by atoms with E-state index in [4.69, 9.17) is 9.16 Å². The maximum atomic E-state index is 6.57. The number of fused-ring (bicyclic) bond motifs is 1. The first-order chi connectivity index (χ1) is 8.71. The average molecular weight is 278 g/mol. The smallest absolute Gasteiger partial charge is 0.192 e. The van der Waals surface area contributed by atoms with Crippen LogP contribution in [0.15, 0.2) is 18.2 Å². The van der Waals surface area contributed by atoms with Crippen molar-refractivity contribution >= 4 is 8.32 Å². The van der Waals surface area contributed by atoms with Crippen LogP contribution in [-0.4, -0.2) is 14.9 Å². The topological polar surface area (TPSA) is 18.5 Å². The molecule has 0 saturated heterocycles. The summed E-state index contributed by atoms with van der Waals surface area (Å²) in [6, 6.07) is 6.44. The van der Waals surface area contributed by atoms with E-state index in [0.717, 1.165) is 18.8 Å². The molecule has 1 unspecified atom stereocenters. The van der Waals surface area contributed by atoms with Gasteiger partial charge in [-0.15, -0.1) is 0 Å². The number of hydrogen-bond acceptors (Lipinski definition) is 2. The predicted octanol–water partition coefficient (Wildman–Crippen LogP) is 4.84. The molecule has 19 heavy (non-hydrogen) atoms. The third-order valence-electron chi connectivity index (χ3n) is 4.40. The Balaban J connectivity index is 2.25. The predicted molar refractivity (Wildman–Crippen MR) is 82.3 cm³/mol. The van der Waals surface area contributed by atoms with Crippen molar-refractivity contribution in [1.82, 2.24) is 0 Å². The number of hydrogen-bond donors (Lipinski definition) is 0. The van der Waals surface area contributed by atoms with Crippen molar-refractivity contribution < 1.29 is 9.16 Å². The minimum atomic E-state index is -1.73. The lowest BCUT2D eigenvalue weighted by Gasteiger charge is -2.40. The average Bonchev–Trinajstić information content (AvgIpc) is 2.26. The van der Waals surface area contributed by atoms with E-state index in [9.17, 15) is 0 Å². The van der Waals surface area contributed by atoms with Crippen molar-refractivity contribution in [3.05, 3.63) is 29.3 Å². The lowest BCUT2D eigenvalue weighted by atomic mass is 10.0. The maximum absolute atomic E-state index is 6.57. The molecule has 1 aromatic carbocycles. The van der Waals surface area contributed by atoms with Gasteiger partial charge in [0.25, 0.3) is 0 Å². The summed E-state index contributed by atoms with van der Waals surface area (Å²) in [4.78, 5) is 0. The lowest BCUT2D eigenvalue weighted by molar-refractivity contribution is 0.122. The molecule has 1 heterocycles. The van der Waals surface area contributed by atoms with Gasteiger partial charge in [0.15, 0.2) is 8.32 Å². The zero-order valence-electron chi connectivity index (χ0n) is 13.0. The van der Waals surface area contributed by atoms with Gasteiger partial charge in [-0.3, -0.25) is 0 Å². The number of rotatable bonds is 2. The molecule has 1 aromatic rings. The fourth-order valence-electron chi connectivity index (χ4n) is 2.12. The summed E-state index contributed by atoms with van der Waals surface area (Å²) in [7, 11) is -1.73. The molecular formula is C16H26O2Si. The zero-order valence-corrected chi connectivity index (χ0v) is 14.0. The van der Waals surface area contributed by atoms with Gasteiger partial charge in [0, 0.05) is 12.0 Å². The Bertz CT molecular complexity index is 460. The first kappa shape index (κ1) is 14.6. The van der Waals surface area contributed by atoms with Gasteiger partial charge in [-0.25, -0.2) is 0 Å².